The zero-order chi connectivity index (χ0) is 56.4. The number of methoxy groups -OCH3 is 1. The number of primary amides is 1. The molecular weight excluding hydrogens is 1000 g/mol. The van der Waals surface area contributed by atoms with Crippen molar-refractivity contribution in [2.75, 3.05) is 28.7 Å². The quantitative estimate of drug-likeness (QED) is 0.0365. The minimum Gasteiger partial charge on any atom is -0.505 e. The number of aromatic nitrogens is 4. The molecule has 2 aliphatic rings. The van der Waals surface area contributed by atoms with Crippen molar-refractivity contribution in [3.05, 3.63) is 161 Å². The molecule has 2 unspecified atom stereocenters. The standard InChI is InChI=1S/C21H19N3O3S.C17H19N5.C16H17N3O4.C2H4O2/c1-27-20-13-14(24-28(2,25)26)11-12-19(20)23-21-15-7-3-5-9-17(15)22-18-10-6-4-8-16(18)21;1-16(2,9-18)14-5-13(8-22-12-20-11-21-22)6-15(7-14)17(3,4)10-19;1-8-2-4-10-13(14(8)21)18-15(22)11-6-9(3-5-12(17)20)7-19(11)16(10)23;1-2(3)4/h3-13,24H,1-2H3,(H,22,23);5-7,11-12H,8H2,1-4H3;2-5,7,11,15,18,21-22H,6H2,1H3,(H2,17,20);1H3,(H,3,4)/b;;5-3+;. The number of aryl methyl sites for hydroxylation is 1. The first kappa shape index (κ1) is 57.0. The molecule has 0 saturated heterocycles. The number of allylic oxidation sites excluding steroid dienone is 1. The molecule has 0 spiro atoms. The molecule has 0 bridgehead atoms. The molecule has 21 heteroatoms. The van der Waals surface area contributed by atoms with Gasteiger partial charge in [0.25, 0.3) is 11.9 Å². The zero-order valence-corrected chi connectivity index (χ0v) is 44.4. The van der Waals surface area contributed by atoms with Crippen molar-refractivity contribution in [1.29, 1.82) is 10.5 Å². The highest BCUT2D eigenvalue weighted by Crippen LogP contribution is 2.40. The third kappa shape index (κ3) is 14.3. The molecule has 9 rings (SSSR count). The number of nitriles is 2. The summed E-state index contributed by atoms with van der Waals surface area (Å²) in [5, 5.41) is 59.1. The SMILES string of the molecule is CC(=O)O.CC(C)(C#N)c1cc(Cn2cncn2)cc(C(C)(C)C#N)c1.COc1cc(NS(C)(=O)=O)ccc1Nc1c2ccccc2nc2ccccc12.Cc1ccc2c(c1O)NC(O)C1CC(/C=C/C(N)=O)=CN1C2=O. The maximum atomic E-state index is 12.7. The number of fused-ring (bicyclic) bond motifs is 4. The number of aromatic hydroxyl groups is 1. The Morgan fingerprint density at radius 3 is 2.08 bits per heavy atom. The van der Waals surface area contributed by atoms with Crippen molar-refractivity contribution in [3.63, 3.8) is 0 Å². The van der Waals surface area contributed by atoms with E-state index in [9.17, 15) is 38.7 Å². The molecule has 8 N–H and O–H groups in total. The Kier molecular flexibility index (Phi) is 17.7. The molecule has 0 saturated carbocycles. The molecule has 2 aromatic heterocycles. The van der Waals surface area contributed by atoms with E-state index in [1.807, 2.05) is 94.4 Å². The number of rotatable bonds is 11. The number of carbonyl (C=O) groups is 3. The van der Waals surface area contributed by atoms with Crippen molar-refractivity contribution in [2.45, 2.75) is 77.6 Å². The Balaban J connectivity index is 0.000000182. The van der Waals surface area contributed by atoms with Gasteiger partial charge in [-0.05, 0) is 99.2 Å². The van der Waals surface area contributed by atoms with E-state index >= 15 is 0 Å². The molecule has 77 heavy (non-hydrogen) atoms. The number of carboxylic acid groups (broad SMARTS) is 1. The van der Waals surface area contributed by atoms with Crippen molar-refractivity contribution in [2.24, 2.45) is 5.73 Å². The number of nitrogens with zero attached hydrogens (tertiary/aromatic N) is 7. The lowest BCUT2D eigenvalue weighted by Gasteiger charge is -2.24. The first-order valence-corrected chi connectivity index (χ1v) is 25.7. The third-order valence-electron chi connectivity index (χ3n) is 12.2. The second-order valence-electron chi connectivity index (χ2n) is 19.1. The number of hydrogen-bond donors (Lipinski definition) is 7. The van der Waals surface area contributed by atoms with Gasteiger partial charge in [0.2, 0.25) is 15.9 Å². The van der Waals surface area contributed by atoms with Crippen LogP contribution in [0.25, 0.3) is 21.8 Å². The van der Waals surface area contributed by atoms with Crippen molar-refractivity contribution in [1.82, 2.24) is 24.6 Å². The van der Waals surface area contributed by atoms with Gasteiger partial charge in [-0.1, -0.05) is 66.7 Å². The van der Waals surface area contributed by atoms with Crippen molar-refractivity contribution >= 4 is 72.4 Å². The largest absolute Gasteiger partial charge is 0.505 e. The maximum Gasteiger partial charge on any atom is 0.300 e. The highest BCUT2D eigenvalue weighted by Gasteiger charge is 2.39. The molecule has 398 valence electrons. The van der Waals surface area contributed by atoms with Crippen LogP contribution in [-0.2, 0) is 37.0 Å². The molecule has 0 aliphatic carbocycles. The number of phenols is 1. The summed E-state index contributed by atoms with van der Waals surface area (Å²) in [5.41, 5.74) is 12.4. The average Bonchev–Trinajstić information content (AvgIpc) is 4.08. The number of aliphatic carboxylic acids is 1. The average molecular weight is 1060 g/mol. The second kappa shape index (κ2) is 23.9. The summed E-state index contributed by atoms with van der Waals surface area (Å²) >= 11 is 0. The van der Waals surface area contributed by atoms with E-state index < -0.39 is 45.0 Å². The normalized spacial score (nSPS) is 14.8. The van der Waals surface area contributed by atoms with Crippen LogP contribution >= 0.6 is 0 Å². The molecule has 0 radical (unpaired) electrons. The predicted octanol–water partition coefficient (Wildman–Crippen LogP) is 8.12. The van der Waals surface area contributed by atoms with Crippen LogP contribution in [-0.4, -0.2) is 91.8 Å². The van der Waals surface area contributed by atoms with Crippen LogP contribution in [0.1, 0.15) is 73.7 Å². The minimum atomic E-state index is -3.37. The van der Waals surface area contributed by atoms with E-state index in [4.69, 9.17) is 25.4 Å². The summed E-state index contributed by atoms with van der Waals surface area (Å²) in [6, 6.07) is 34.3. The van der Waals surface area contributed by atoms with E-state index in [0.29, 0.717) is 35.5 Å². The number of carbonyl (C=O) groups excluding carboxylic acids is 2. The van der Waals surface area contributed by atoms with Crippen LogP contribution in [0.3, 0.4) is 0 Å². The van der Waals surface area contributed by atoms with Crippen LogP contribution < -0.4 is 25.8 Å². The number of pyridine rings is 1. The first-order valence-electron chi connectivity index (χ1n) is 23.8. The van der Waals surface area contributed by atoms with Crippen LogP contribution in [0.15, 0.2) is 134 Å². The lowest BCUT2D eigenvalue weighted by Crippen LogP contribution is -2.42. The molecule has 4 heterocycles. The summed E-state index contributed by atoms with van der Waals surface area (Å²) < 4.78 is 32.7. The van der Waals surface area contributed by atoms with Crippen LogP contribution in [0, 0.1) is 29.6 Å². The first-order chi connectivity index (χ1) is 36.3. The molecule has 0 fully saturated rings. The lowest BCUT2D eigenvalue weighted by molar-refractivity contribution is -0.134. The Morgan fingerprint density at radius 1 is 0.948 bits per heavy atom. The Bertz CT molecular complexity index is 3520. The summed E-state index contributed by atoms with van der Waals surface area (Å²) in [6.07, 6.45) is 7.90. The van der Waals surface area contributed by atoms with Gasteiger partial charge in [0.05, 0.1) is 88.3 Å². The van der Waals surface area contributed by atoms with E-state index in [-0.39, 0.29) is 22.9 Å². The van der Waals surface area contributed by atoms with Crippen LogP contribution in [0.5, 0.6) is 11.5 Å². The van der Waals surface area contributed by atoms with Gasteiger partial charge in [0, 0.05) is 36.0 Å². The molecule has 2 amide bonds. The second-order valence-corrected chi connectivity index (χ2v) is 20.9. The van der Waals surface area contributed by atoms with E-state index in [2.05, 4.69) is 37.6 Å². The minimum absolute atomic E-state index is 0.0473. The molecule has 2 atom stereocenters. The summed E-state index contributed by atoms with van der Waals surface area (Å²) in [4.78, 5) is 42.6. The summed E-state index contributed by atoms with van der Waals surface area (Å²) in [7, 11) is -1.82. The van der Waals surface area contributed by atoms with E-state index in [1.54, 1.807) is 61.6 Å². The number of nitrogens with two attached hydrogens (primary N) is 1. The maximum absolute atomic E-state index is 12.7. The summed E-state index contributed by atoms with van der Waals surface area (Å²) in [5.74, 6) is -1.26. The van der Waals surface area contributed by atoms with Gasteiger partial charge in [0.15, 0.2) is 0 Å². The molecule has 5 aromatic carbocycles. The van der Waals surface area contributed by atoms with Gasteiger partial charge in [-0.2, -0.15) is 15.6 Å². The topological polar surface area (TPSA) is 312 Å². The van der Waals surface area contributed by atoms with Gasteiger partial charge in [-0.25, -0.2) is 23.1 Å². The molecule has 20 nitrogen and oxygen atoms in total. The van der Waals surface area contributed by atoms with Gasteiger partial charge in [-0.15, -0.1) is 0 Å². The number of benzene rings is 5. The molecule has 7 aromatic rings. The number of hydrogen-bond acceptors (Lipinski definition) is 15. The number of amides is 2. The van der Waals surface area contributed by atoms with E-state index in [0.717, 1.165) is 63.1 Å². The van der Waals surface area contributed by atoms with Crippen LogP contribution in [0.4, 0.5) is 22.7 Å². The number of para-hydroxylation sites is 2. The van der Waals surface area contributed by atoms with Gasteiger partial charge < -0.3 is 41.3 Å². The number of sulfonamides is 1. The number of aliphatic hydroxyl groups is 1. The molecular formula is C56H59N11O9S. The fourth-order valence-corrected chi connectivity index (χ4v) is 8.71. The fourth-order valence-electron chi connectivity index (χ4n) is 8.16. The number of nitrogens with one attached hydrogen (secondary N) is 3. The number of phenolic OH excluding ortho intramolecular Hbond substituents is 1. The third-order valence-corrected chi connectivity index (χ3v) is 12.8. The highest BCUT2D eigenvalue weighted by molar-refractivity contribution is 7.92. The predicted molar refractivity (Wildman–Crippen MR) is 294 cm³/mol. The Morgan fingerprint density at radius 2 is 1.55 bits per heavy atom. The highest BCUT2D eigenvalue weighted by atomic mass is 32.2. The Labute approximate surface area is 445 Å². The fraction of sp³-hybridized carbons (Fsp3) is 0.250. The van der Waals surface area contributed by atoms with Gasteiger partial charge >= 0.3 is 0 Å². The molecule has 2 aliphatic heterocycles. The van der Waals surface area contributed by atoms with E-state index in [1.165, 1.54) is 23.4 Å². The number of ether oxygens (including phenoxy) is 1. The van der Waals surface area contributed by atoms with Gasteiger partial charge in [-0.3, -0.25) is 19.1 Å². The van der Waals surface area contributed by atoms with Crippen molar-refractivity contribution < 1.29 is 42.9 Å². The van der Waals surface area contributed by atoms with Crippen molar-refractivity contribution in [3.8, 4) is 23.6 Å². The number of carboxylic acids is 1. The monoisotopic (exact) mass is 1060 g/mol. The Hall–Kier alpha value is -9.31. The lowest BCUT2D eigenvalue weighted by atomic mass is 9.79. The number of aliphatic hydroxyl groups excluding tert-OH is 1. The number of anilines is 4. The summed E-state index contributed by atoms with van der Waals surface area (Å²) in [6.45, 7) is 10.9. The van der Waals surface area contributed by atoms with Gasteiger partial charge in [0.1, 0.15) is 30.4 Å². The van der Waals surface area contributed by atoms with Crippen LogP contribution in [0.2, 0.25) is 0 Å². The zero-order valence-electron chi connectivity index (χ0n) is 43.6. The smallest absolute Gasteiger partial charge is 0.300 e.